The smallest absolute Gasteiger partial charge is 0.148 e. The average molecular weight is 361 g/mol. The van der Waals surface area contributed by atoms with Gasteiger partial charge in [0.2, 0.25) is 0 Å². The molecule has 0 amide bonds. The van der Waals surface area contributed by atoms with Crippen LogP contribution in [0.2, 0.25) is 5.02 Å². The van der Waals surface area contributed by atoms with E-state index in [4.69, 9.17) is 11.6 Å². The molecule has 0 atom stereocenters. The van der Waals surface area contributed by atoms with E-state index in [-0.39, 0.29) is 0 Å². The standard InChI is InChI=1S/C13H15BrClN3S/c1-8(2)16-6-5-12-17-18-13(19-12)10-7-9(15)3-4-11(10)14/h3-4,7-8,16H,5-6H2,1-2H3. The van der Waals surface area contributed by atoms with Gasteiger partial charge in [0, 0.05) is 34.1 Å². The summed E-state index contributed by atoms with van der Waals surface area (Å²) in [6.45, 7) is 5.19. The maximum atomic E-state index is 6.02. The van der Waals surface area contributed by atoms with E-state index in [1.807, 2.05) is 18.2 Å². The minimum absolute atomic E-state index is 0.495. The molecule has 1 heterocycles. The maximum absolute atomic E-state index is 6.02. The lowest BCUT2D eigenvalue weighted by molar-refractivity contribution is 0.588. The first-order valence-corrected chi connectivity index (χ1v) is 8.06. The Morgan fingerprint density at radius 2 is 2.16 bits per heavy atom. The highest BCUT2D eigenvalue weighted by Gasteiger charge is 2.10. The van der Waals surface area contributed by atoms with Crippen LogP contribution in [0, 0.1) is 0 Å². The first-order valence-electron chi connectivity index (χ1n) is 6.07. The van der Waals surface area contributed by atoms with E-state index < -0.39 is 0 Å². The van der Waals surface area contributed by atoms with E-state index in [9.17, 15) is 0 Å². The van der Waals surface area contributed by atoms with Crippen LogP contribution in [-0.4, -0.2) is 22.8 Å². The highest BCUT2D eigenvalue weighted by atomic mass is 79.9. The van der Waals surface area contributed by atoms with Gasteiger partial charge in [-0.15, -0.1) is 10.2 Å². The Kier molecular flexibility index (Phi) is 5.33. The largest absolute Gasteiger partial charge is 0.314 e. The Labute approximate surface area is 130 Å². The molecule has 0 aliphatic carbocycles. The van der Waals surface area contributed by atoms with Crippen LogP contribution in [0.15, 0.2) is 22.7 Å². The first-order chi connectivity index (χ1) is 9.06. The summed E-state index contributed by atoms with van der Waals surface area (Å²) in [6, 6.07) is 6.18. The second-order valence-electron chi connectivity index (χ2n) is 4.48. The first kappa shape index (κ1) is 14.9. The molecule has 0 bridgehead atoms. The molecule has 0 aliphatic rings. The lowest BCUT2D eigenvalue weighted by Gasteiger charge is -2.05. The molecular weight excluding hydrogens is 346 g/mol. The third-order valence-corrected chi connectivity index (χ3v) is 4.46. The summed E-state index contributed by atoms with van der Waals surface area (Å²) in [6.07, 6.45) is 0.897. The van der Waals surface area contributed by atoms with Crippen molar-refractivity contribution in [2.75, 3.05) is 6.54 Å². The molecule has 0 aliphatic heterocycles. The van der Waals surface area contributed by atoms with Gasteiger partial charge >= 0.3 is 0 Å². The zero-order chi connectivity index (χ0) is 13.8. The normalized spacial score (nSPS) is 11.2. The van der Waals surface area contributed by atoms with Crippen LogP contribution in [0.3, 0.4) is 0 Å². The molecular formula is C13H15BrClN3S. The summed E-state index contributed by atoms with van der Waals surface area (Å²) < 4.78 is 0.986. The van der Waals surface area contributed by atoms with E-state index in [0.717, 1.165) is 33.0 Å². The van der Waals surface area contributed by atoms with Gasteiger partial charge < -0.3 is 5.32 Å². The fourth-order valence-electron chi connectivity index (χ4n) is 1.59. The van der Waals surface area contributed by atoms with Crippen molar-refractivity contribution in [2.24, 2.45) is 0 Å². The van der Waals surface area contributed by atoms with E-state index in [2.05, 4.69) is 45.3 Å². The molecule has 102 valence electrons. The van der Waals surface area contributed by atoms with Crippen molar-refractivity contribution in [1.82, 2.24) is 15.5 Å². The van der Waals surface area contributed by atoms with Crippen LogP contribution in [0.1, 0.15) is 18.9 Å². The van der Waals surface area contributed by atoms with Gasteiger partial charge in [0.25, 0.3) is 0 Å². The van der Waals surface area contributed by atoms with Crippen molar-refractivity contribution in [3.8, 4) is 10.6 Å². The van der Waals surface area contributed by atoms with Gasteiger partial charge in [-0.1, -0.05) is 52.7 Å². The number of hydrogen-bond acceptors (Lipinski definition) is 4. The maximum Gasteiger partial charge on any atom is 0.148 e. The van der Waals surface area contributed by atoms with Gasteiger partial charge in [0.15, 0.2) is 0 Å². The summed E-state index contributed by atoms with van der Waals surface area (Å²) in [4.78, 5) is 0. The Morgan fingerprint density at radius 1 is 1.37 bits per heavy atom. The predicted octanol–water partition coefficient (Wildman–Crippen LogP) is 4.16. The molecule has 2 aromatic rings. The number of benzene rings is 1. The molecule has 0 radical (unpaired) electrons. The number of nitrogens with one attached hydrogen (secondary N) is 1. The molecule has 3 nitrogen and oxygen atoms in total. The van der Waals surface area contributed by atoms with Gasteiger partial charge in [0.1, 0.15) is 10.0 Å². The minimum atomic E-state index is 0.495. The molecule has 19 heavy (non-hydrogen) atoms. The molecule has 6 heteroatoms. The molecule has 1 aromatic carbocycles. The monoisotopic (exact) mass is 359 g/mol. The van der Waals surface area contributed by atoms with Gasteiger partial charge in [-0.3, -0.25) is 0 Å². The van der Waals surface area contributed by atoms with Crippen LogP contribution in [0.4, 0.5) is 0 Å². The van der Waals surface area contributed by atoms with Crippen molar-refractivity contribution in [3.63, 3.8) is 0 Å². The number of halogens is 2. The van der Waals surface area contributed by atoms with Crippen LogP contribution in [0.5, 0.6) is 0 Å². The zero-order valence-electron chi connectivity index (χ0n) is 10.8. The highest BCUT2D eigenvalue weighted by molar-refractivity contribution is 9.10. The molecule has 0 saturated carbocycles. The van der Waals surface area contributed by atoms with Gasteiger partial charge in [-0.05, 0) is 18.2 Å². The summed E-state index contributed by atoms with van der Waals surface area (Å²) in [5.41, 5.74) is 0.994. The zero-order valence-corrected chi connectivity index (χ0v) is 13.9. The average Bonchev–Trinajstić information content (AvgIpc) is 2.80. The van der Waals surface area contributed by atoms with Gasteiger partial charge in [0.05, 0.1) is 0 Å². The molecule has 0 saturated heterocycles. The number of hydrogen-bond donors (Lipinski definition) is 1. The van der Waals surface area contributed by atoms with E-state index in [1.54, 1.807) is 11.3 Å². The Balaban J connectivity index is 2.10. The van der Waals surface area contributed by atoms with Crippen LogP contribution >= 0.6 is 38.9 Å². The van der Waals surface area contributed by atoms with Crippen molar-refractivity contribution in [2.45, 2.75) is 26.3 Å². The van der Waals surface area contributed by atoms with E-state index >= 15 is 0 Å². The van der Waals surface area contributed by atoms with E-state index in [0.29, 0.717) is 11.1 Å². The van der Waals surface area contributed by atoms with E-state index in [1.165, 1.54) is 0 Å². The molecule has 0 unspecified atom stereocenters. The second-order valence-corrected chi connectivity index (χ2v) is 6.84. The van der Waals surface area contributed by atoms with Crippen molar-refractivity contribution >= 4 is 38.9 Å². The number of nitrogens with zero attached hydrogens (tertiary/aromatic N) is 2. The Hall–Kier alpha value is -0.490. The molecule has 0 fully saturated rings. The molecule has 2 rings (SSSR count). The Bertz CT molecular complexity index is 557. The summed E-state index contributed by atoms with van der Waals surface area (Å²) >= 11 is 11.1. The third-order valence-electron chi connectivity index (χ3n) is 2.52. The third kappa shape index (κ3) is 4.24. The highest BCUT2D eigenvalue weighted by Crippen LogP contribution is 2.32. The lowest BCUT2D eigenvalue weighted by Crippen LogP contribution is -2.24. The lowest BCUT2D eigenvalue weighted by atomic mass is 10.2. The predicted molar refractivity (Wildman–Crippen MR) is 84.9 cm³/mol. The number of rotatable bonds is 5. The topological polar surface area (TPSA) is 37.8 Å². The summed E-state index contributed by atoms with van der Waals surface area (Å²) in [5, 5.41) is 14.5. The SMILES string of the molecule is CC(C)NCCc1nnc(-c2cc(Cl)ccc2Br)s1. The second kappa shape index (κ2) is 6.79. The van der Waals surface area contributed by atoms with Crippen molar-refractivity contribution < 1.29 is 0 Å². The Morgan fingerprint density at radius 3 is 2.89 bits per heavy atom. The summed E-state index contributed by atoms with van der Waals surface area (Å²) in [7, 11) is 0. The summed E-state index contributed by atoms with van der Waals surface area (Å²) in [5.74, 6) is 0. The van der Waals surface area contributed by atoms with Crippen molar-refractivity contribution in [3.05, 3.63) is 32.7 Å². The van der Waals surface area contributed by atoms with Crippen LogP contribution in [0.25, 0.3) is 10.6 Å². The fourth-order valence-corrected chi connectivity index (χ4v) is 3.20. The number of aromatic nitrogens is 2. The minimum Gasteiger partial charge on any atom is -0.314 e. The quantitative estimate of drug-likeness (QED) is 0.870. The molecule has 1 aromatic heterocycles. The van der Waals surface area contributed by atoms with Gasteiger partial charge in [-0.2, -0.15) is 0 Å². The molecule has 1 N–H and O–H groups in total. The van der Waals surface area contributed by atoms with Crippen LogP contribution in [-0.2, 0) is 6.42 Å². The van der Waals surface area contributed by atoms with Gasteiger partial charge in [-0.25, -0.2) is 0 Å². The fraction of sp³-hybridized carbons (Fsp3) is 0.385. The van der Waals surface area contributed by atoms with Crippen LogP contribution < -0.4 is 5.32 Å². The van der Waals surface area contributed by atoms with Crippen molar-refractivity contribution in [1.29, 1.82) is 0 Å². The molecule has 0 spiro atoms.